The number of allylic oxidation sites excluding steroid dienone is 1. The van der Waals surface area contributed by atoms with Gasteiger partial charge >= 0.3 is 0 Å². The number of carbonyl (C=O) groups excluding carboxylic acids is 1. The van der Waals surface area contributed by atoms with Crippen molar-refractivity contribution in [3.63, 3.8) is 0 Å². The summed E-state index contributed by atoms with van der Waals surface area (Å²) in [4.78, 5) is 18.5. The number of hydrogen-bond donors (Lipinski definition) is 1. The molecule has 6 nitrogen and oxygen atoms in total. The highest BCUT2D eigenvalue weighted by atomic mass is 16.5. The van der Waals surface area contributed by atoms with Crippen molar-refractivity contribution in [3.8, 4) is 11.5 Å². The van der Waals surface area contributed by atoms with Crippen LogP contribution in [0.2, 0.25) is 0 Å². The monoisotopic (exact) mass is 457 g/mol. The van der Waals surface area contributed by atoms with E-state index in [0.29, 0.717) is 17.1 Å². The van der Waals surface area contributed by atoms with Gasteiger partial charge in [-0.05, 0) is 84.4 Å². The van der Waals surface area contributed by atoms with Crippen LogP contribution in [0.1, 0.15) is 46.3 Å². The smallest absolute Gasteiger partial charge is 0.253 e. The summed E-state index contributed by atoms with van der Waals surface area (Å²) in [5, 5.41) is 3.38. The van der Waals surface area contributed by atoms with Crippen LogP contribution in [0.15, 0.2) is 54.7 Å². The minimum absolute atomic E-state index is 0.0160. The molecule has 1 aliphatic rings. The van der Waals surface area contributed by atoms with Gasteiger partial charge in [0.15, 0.2) is 11.5 Å². The summed E-state index contributed by atoms with van der Waals surface area (Å²) in [5.74, 6) is 2.18. The molecule has 34 heavy (non-hydrogen) atoms. The first-order valence-electron chi connectivity index (χ1n) is 11.5. The average Bonchev–Trinajstić information content (AvgIpc) is 2.84. The fourth-order valence-electron chi connectivity index (χ4n) is 4.19. The number of nitrogens with one attached hydrogen (secondary N) is 1. The number of hydrogen-bond acceptors (Lipinski definition) is 5. The Bertz CT molecular complexity index is 1200. The molecule has 1 N–H and O–H groups in total. The molecular weight excluding hydrogens is 426 g/mol. The van der Waals surface area contributed by atoms with Crippen LogP contribution in [-0.2, 0) is 6.42 Å². The number of rotatable bonds is 6. The molecule has 0 unspecified atom stereocenters. The summed E-state index contributed by atoms with van der Waals surface area (Å²) < 4.78 is 10.7. The van der Waals surface area contributed by atoms with E-state index in [4.69, 9.17) is 9.47 Å². The van der Waals surface area contributed by atoms with E-state index in [1.165, 1.54) is 11.1 Å². The van der Waals surface area contributed by atoms with Crippen LogP contribution < -0.4 is 14.8 Å². The van der Waals surface area contributed by atoms with Crippen molar-refractivity contribution in [1.29, 1.82) is 0 Å². The zero-order valence-electron chi connectivity index (χ0n) is 20.2. The van der Waals surface area contributed by atoms with Gasteiger partial charge in [0.2, 0.25) is 0 Å². The Kier molecular flexibility index (Phi) is 7.16. The van der Waals surface area contributed by atoms with Crippen LogP contribution in [0, 0.1) is 0 Å². The quantitative estimate of drug-likeness (QED) is 0.506. The third kappa shape index (κ3) is 5.22. The molecule has 4 rings (SSSR count). The lowest BCUT2D eigenvalue weighted by molar-refractivity contribution is 0.0827. The molecule has 1 aliphatic carbocycles. The number of aromatic nitrogens is 1. The van der Waals surface area contributed by atoms with Crippen molar-refractivity contribution in [1.82, 2.24) is 9.88 Å². The van der Waals surface area contributed by atoms with Gasteiger partial charge in [-0.2, -0.15) is 0 Å². The Balaban J connectivity index is 1.59. The van der Waals surface area contributed by atoms with Crippen LogP contribution >= 0.6 is 0 Å². The Morgan fingerprint density at radius 1 is 0.941 bits per heavy atom. The molecule has 0 spiro atoms. The number of benzene rings is 2. The number of amides is 1. The highest BCUT2D eigenvalue weighted by Crippen LogP contribution is 2.33. The van der Waals surface area contributed by atoms with Crippen LogP contribution in [-0.4, -0.2) is 44.1 Å². The minimum Gasteiger partial charge on any atom is -0.493 e. The number of fused-ring (bicyclic) bond motifs is 1. The Labute approximate surface area is 201 Å². The number of ether oxygens (including phenoxy) is 2. The number of nitrogens with zero attached hydrogens (tertiary/aromatic N) is 2. The number of anilines is 2. The van der Waals surface area contributed by atoms with E-state index in [0.717, 1.165) is 48.3 Å². The first kappa shape index (κ1) is 23.4. The Morgan fingerprint density at radius 2 is 1.68 bits per heavy atom. The van der Waals surface area contributed by atoms with Gasteiger partial charge in [0, 0.05) is 37.6 Å². The van der Waals surface area contributed by atoms with Gasteiger partial charge in [0.05, 0.1) is 14.2 Å². The van der Waals surface area contributed by atoms with Gasteiger partial charge in [-0.1, -0.05) is 12.1 Å². The zero-order chi connectivity index (χ0) is 24.1. The maximum Gasteiger partial charge on any atom is 0.253 e. The molecule has 0 saturated heterocycles. The first-order valence-corrected chi connectivity index (χ1v) is 11.5. The number of aryl methyl sites for hydroxylation is 1. The summed E-state index contributed by atoms with van der Waals surface area (Å²) in [7, 11) is 6.79. The van der Waals surface area contributed by atoms with Crippen molar-refractivity contribution in [3.05, 3.63) is 77.0 Å². The Hall–Kier alpha value is -3.80. The van der Waals surface area contributed by atoms with E-state index in [2.05, 4.69) is 22.4 Å². The summed E-state index contributed by atoms with van der Waals surface area (Å²) in [6, 6.07) is 15.8. The predicted molar refractivity (Wildman–Crippen MR) is 137 cm³/mol. The molecule has 3 aromatic rings. The summed E-state index contributed by atoms with van der Waals surface area (Å²) in [5.41, 5.74) is 6.42. The minimum atomic E-state index is 0.0160. The topological polar surface area (TPSA) is 63.7 Å². The molecule has 2 aromatic carbocycles. The molecule has 0 saturated carbocycles. The highest BCUT2D eigenvalue weighted by Gasteiger charge is 2.13. The molecule has 0 fully saturated rings. The second-order valence-electron chi connectivity index (χ2n) is 8.62. The van der Waals surface area contributed by atoms with E-state index < -0.39 is 0 Å². The van der Waals surface area contributed by atoms with E-state index in [1.807, 2.05) is 48.7 Å². The summed E-state index contributed by atoms with van der Waals surface area (Å²) in [6.45, 7) is 0. The zero-order valence-corrected chi connectivity index (χ0v) is 20.2. The molecule has 1 aromatic heterocycles. The van der Waals surface area contributed by atoms with Crippen LogP contribution in [0.3, 0.4) is 0 Å². The van der Waals surface area contributed by atoms with Gasteiger partial charge in [-0.3, -0.25) is 4.79 Å². The van der Waals surface area contributed by atoms with Crippen molar-refractivity contribution in [2.24, 2.45) is 0 Å². The van der Waals surface area contributed by atoms with E-state index in [9.17, 15) is 4.79 Å². The van der Waals surface area contributed by atoms with Crippen molar-refractivity contribution in [2.45, 2.75) is 25.7 Å². The van der Waals surface area contributed by atoms with Gasteiger partial charge < -0.3 is 19.7 Å². The van der Waals surface area contributed by atoms with Gasteiger partial charge in [0.1, 0.15) is 5.82 Å². The molecular formula is C28H31N3O3. The number of pyridine rings is 1. The van der Waals surface area contributed by atoms with Crippen LogP contribution in [0.4, 0.5) is 11.5 Å². The van der Waals surface area contributed by atoms with Crippen molar-refractivity contribution >= 4 is 29.1 Å². The largest absolute Gasteiger partial charge is 0.493 e. The van der Waals surface area contributed by atoms with Crippen LogP contribution in [0.25, 0.3) is 11.6 Å². The van der Waals surface area contributed by atoms with Crippen LogP contribution in [0.5, 0.6) is 11.5 Å². The third-order valence-electron chi connectivity index (χ3n) is 6.06. The standard InChI is InChI=1S/C28H31N3O3/c1-31(2)28(32)20-11-9-19(10-12-20)21-7-5-6-8-22-16-27(29-18-23(22)15-21)30-24-13-14-25(33-3)26(17-24)34-4/h9-18H,5-8H2,1-4H3,(H,29,30). The van der Waals surface area contributed by atoms with Gasteiger partial charge in [-0.15, -0.1) is 0 Å². The molecule has 6 heteroatoms. The third-order valence-corrected chi connectivity index (χ3v) is 6.06. The first-order chi connectivity index (χ1) is 16.5. The lowest BCUT2D eigenvalue weighted by Gasteiger charge is -2.17. The van der Waals surface area contributed by atoms with Gasteiger partial charge in [-0.25, -0.2) is 4.98 Å². The summed E-state index contributed by atoms with van der Waals surface area (Å²) in [6.07, 6.45) is 8.43. The molecule has 0 atom stereocenters. The molecule has 0 radical (unpaired) electrons. The molecule has 0 bridgehead atoms. The molecule has 176 valence electrons. The fourth-order valence-corrected chi connectivity index (χ4v) is 4.19. The second-order valence-corrected chi connectivity index (χ2v) is 8.62. The maximum atomic E-state index is 12.2. The molecule has 1 amide bonds. The van der Waals surface area contributed by atoms with E-state index >= 15 is 0 Å². The lowest BCUT2D eigenvalue weighted by Crippen LogP contribution is -2.21. The van der Waals surface area contributed by atoms with Crippen molar-refractivity contribution in [2.75, 3.05) is 33.6 Å². The molecule has 0 aliphatic heterocycles. The Morgan fingerprint density at radius 3 is 2.38 bits per heavy atom. The maximum absolute atomic E-state index is 12.2. The normalized spacial score (nSPS) is 13.1. The predicted octanol–water partition coefficient (Wildman–Crippen LogP) is 5.81. The van der Waals surface area contributed by atoms with E-state index in [1.54, 1.807) is 33.2 Å². The summed E-state index contributed by atoms with van der Waals surface area (Å²) >= 11 is 0. The highest BCUT2D eigenvalue weighted by molar-refractivity contribution is 5.94. The van der Waals surface area contributed by atoms with Crippen molar-refractivity contribution < 1.29 is 14.3 Å². The average molecular weight is 458 g/mol. The SMILES string of the molecule is COc1ccc(Nc2cc3c(cn2)C=C(c2ccc(C(=O)N(C)C)cc2)CCCC3)cc1OC. The second kappa shape index (κ2) is 10.4. The fraction of sp³-hybridized carbons (Fsp3) is 0.286. The lowest BCUT2D eigenvalue weighted by atomic mass is 9.91. The van der Waals surface area contributed by atoms with E-state index in [-0.39, 0.29) is 5.91 Å². The van der Waals surface area contributed by atoms with Gasteiger partial charge in [0.25, 0.3) is 5.91 Å². The number of methoxy groups -OCH3 is 2. The number of carbonyl (C=O) groups is 1. The molecule has 1 heterocycles.